The number of nitrogens with zero attached hydrogens (tertiary/aromatic N) is 2. The number of furan rings is 1. The number of carbonyl (C=O) groups excluding carboxylic acids is 1. The first-order chi connectivity index (χ1) is 15.1. The zero-order valence-electron chi connectivity index (χ0n) is 16.8. The van der Waals surface area contributed by atoms with Crippen molar-refractivity contribution in [2.24, 2.45) is 0 Å². The average Bonchev–Trinajstić information content (AvgIpc) is 3.40. The quantitative estimate of drug-likeness (QED) is 0.390. The molecular formula is C21H18N2O6S3. The smallest absolute Gasteiger partial charge is 0.244 e. The van der Waals surface area contributed by atoms with Gasteiger partial charge in [0.1, 0.15) is 11.5 Å². The van der Waals surface area contributed by atoms with Crippen molar-refractivity contribution in [3.8, 4) is 0 Å². The van der Waals surface area contributed by atoms with Crippen LogP contribution in [0.15, 0.2) is 81.1 Å². The van der Waals surface area contributed by atoms with Crippen molar-refractivity contribution in [1.82, 2.24) is 4.98 Å². The Labute approximate surface area is 189 Å². The van der Waals surface area contributed by atoms with E-state index in [1.54, 1.807) is 36.4 Å². The summed E-state index contributed by atoms with van der Waals surface area (Å²) in [6, 6.07) is 15.6. The largest absolute Gasteiger partial charge is 0.467 e. The number of hydrogen-bond donors (Lipinski definition) is 0. The highest BCUT2D eigenvalue weighted by atomic mass is 32.2. The number of thiazole rings is 1. The lowest BCUT2D eigenvalue weighted by Gasteiger charge is -2.18. The average molecular weight is 491 g/mol. The van der Waals surface area contributed by atoms with Gasteiger partial charge in [-0.2, -0.15) is 0 Å². The van der Waals surface area contributed by atoms with Crippen molar-refractivity contribution < 1.29 is 26.0 Å². The lowest BCUT2D eigenvalue weighted by Crippen LogP contribution is -2.35. The molecule has 32 heavy (non-hydrogen) atoms. The third kappa shape index (κ3) is 4.74. The molecule has 0 aliphatic heterocycles. The molecule has 11 heteroatoms. The third-order valence-electron chi connectivity index (χ3n) is 4.62. The number of anilines is 1. The molecular weight excluding hydrogens is 472 g/mol. The van der Waals surface area contributed by atoms with Crippen molar-refractivity contribution in [3.63, 3.8) is 0 Å². The minimum Gasteiger partial charge on any atom is -0.467 e. The maximum atomic E-state index is 13.1. The number of benzene rings is 2. The Bertz CT molecular complexity index is 1480. The van der Waals surface area contributed by atoms with Crippen LogP contribution in [0.1, 0.15) is 5.76 Å². The van der Waals surface area contributed by atoms with Crippen LogP contribution in [0.4, 0.5) is 5.13 Å². The number of fused-ring (bicyclic) bond motifs is 1. The van der Waals surface area contributed by atoms with Gasteiger partial charge in [-0.1, -0.05) is 29.5 Å². The number of rotatable bonds is 7. The molecule has 0 bridgehead atoms. The predicted molar refractivity (Wildman–Crippen MR) is 121 cm³/mol. The molecule has 0 aliphatic carbocycles. The SMILES string of the molecule is CS(=O)(=O)c1ccc2nc(N(Cc3ccco3)C(=O)CS(=O)(=O)c3ccccc3)sc2c1. The van der Waals surface area contributed by atoms with Crippen LogP contribution >= 0.6 is 11.3 Å². The van der Waals surface area contributed by atoms with Gasteiger partial charge in [0, 0.05) is 6.26 Å². The van der Waals surface area contributed by atoms with Crippen LogP contribution in [0, 0.1) is 0 Å². The van der Waals surface area contributed by atoms with Gasteiger partial charge in [0.15, 0.2) is 24.8 Å². The Morgan fingerprint density at radius 1 is 1.00 bits per heavy atom. The van der Waals surface area contributed by atoms with E-state index in [9.17, 15) is 21.6 Å². The zero-order chi connectivity index (χ0) is 22.9. The molecule has 2 heterocycles. The van der Waals surface area contributed by atoms with Crippen LogP contribution in [-0.2, 0) is 31.0 Å². The van der Waals surface area contributed by atoms with Gasteiger partial charge in [-0.15, -0.1) is 0 Å². The predicted octanol–water partition coefficient (Wildman–Crippen LogP) is 3.30. The molecule has 2 aromatic carbocycles. The zero-order valence-corrected chi connectivity index (χ0v) is 19.3. The molecule has 0 fully saturated rings. The van der Waals surface area contributed by atoms with E-state index in [-0.39, 0.29) is 21.5 Å². The van der Waals surface area contributed by atoms with Crippen LogP contribution in [-0.4, -0.2) is 39.7 Å². The minimum atomic E-state index is -3.87. The molecule has 4 aromatic rings. The van der Waals surface area contributed by atoms with Gasteiger partial charge < -0.3 is 4.42 Å². The summed E-state index contributed by atoms with van der Waals surface area (Å²) in [6.07, 6.45) is 2.56. The second-order valence-electron chi connectivity index (χ2n) is 7.03. The van der Waals surface area contributed by atoms with Gasteiger partial charge in [0.25, 0.3) is 0 Å². The summed E-state index contributed by atoms with van der Waals surface area (Å²) in [4.78, 5) is 19.0. The molecule has 2 aromatic heterocycles. The van der Waals surface area contributed by atoms with E-state index in [0.29, 0.717) is 16.0 Å². The minimum absolute atomic E-state index is 0.0189. The number of carbonyl (C=O) groups is 1. The normalized spacial score (nSPS) is 12.2. The van der Waals surface area contributed by atoms with Crippen molar-refractivity contribution >= 4 is 52.3 Å². The molecule has 1 amide bonds. The van der Waals surface area contributed by atoms with Crippen molar-refractivity contribution in [1.29, 1.82) is 0 Å². The Kier molecular flexibility index (Phi) is 5.89. The highest BCUT2D eigenvalue weighted by Gasteiger charge is 2.27. The molecule has 0 saturated heterocycles. The molecule has 0 atom stereocenters. The van der Waals surface area contributed by atoms with Crippen molar-refractivity contribution in [2.75, 3.05) is 16.9 Å². The number of sulfone groups is 2. The Balaban J connectivity index is 1.71. The fraction of sp³-hybridized carbons (Fsp3) is 0.143. The monoisotopic (exact) mass is 490 g/mol. The fourth-order valence-corrected chi connectivity index (χ4v) is 5.97. The number of hydrogen-bond acceptors (Lipinski definition) is 8. The first-order valence-electron chi connectivity index (χ1n) is 9.35. The second-order valence-corrected chi connectivity index (χ2v) is 12.0. The Hall–Kier alpha value is -3.02. The number of aromatic nitrogens is 1. The summed E-state index contributed by atoms with van der Waals surface area (Å²) in [5.41, 5.74) is 0.501. The number of amides is 1. The molecule has 0 radical (unpaired) electrons. The lowest BCUT2D eigenvalue weighted by molar-refractivity contribution is -0.116. The van der Waals surface area contributed by atoms with E-state index >= 15 is 0 Å². The van der Waals surface area contributed by atoms with Gasteiger partial charge in [0.2, 0.25) is 5.91 Å². The maximum absolute atomic E-state index is 13.1. The van der Waals surface area contributed by atoms with E-state index in [1.807, 2.05) is 0 Å². The third-order valence-corrected chi connectivity index (χ3v) is 8.39. The molecule has 0 unspecified atom stereocenters. The lowest BCUT2D eigenvalue weighted by atomic mass is 10.3. The van der Waals surface area contributed by atoms with Crippen LogP contribution < -0.4 is 4.90 Å². The van der Waals surface area contributed by atoms with E-state index < -0.39 is 31.3 Å². The first kappa shape index (κ1) is 22.2. The standard InChI is InChI=1S/C21H18N2O6S3/c1-31(25,26)17-9-10-18-19(12-17)30-21(22-18)23(13-15-6-5-11-29-15)20(24)14-32(27,28)16-7-3-2-4-8-16/h2-12H,13-14H2,1H3. The molecule has 0 saturated carbocycles. The Morgan fingerprint density at radius 2 is 1.75 bits per heavy atom. The van der Waals surface area contributed by atoms with E-state index in [4.69, 9.17) is 4.42 Å². The van der Waals surface area contributed by atoms with Gasteiger partial charge in [-0.05, 0) is 42.5 Å². The van der Waals surface area contributed by atoms with Gasteiger partial charge in [-0.25, -0.2) is 21.8 Å². The van der Waals surface area contributed by atoms with Crippen LogP contribution in [0.2, 0.25) is 0 Å². The molecule has 0 spiro atoms. The van der Waals surface area contributed by atoms with Gasteiger partial charge >= 0.3 is 0 Å². The Morgan fingerprint density at radius 3 is 2.41 bits per heavy atom. The van der Waals surface area contributed by atoms with Gasteiger partial charge in [0.05, 0.1) is 32.8 Å². The van der Waals surface area contributed by atoms with E-state index in [0.717, 1.165) is 17.6 Å². The first-order valence-corrected chi connectivity index (χ1v) is 13.7. The second kappa shape index (κ2) is 8.49. The summed E-state index contributed by atoms with van der Waals surface area (Å²) in [5, 5.41) is 0.246. The topological polar surface area (TPSA) is 115 Å². The molecule has 8 nitrogen and oxygen atoms in total. The van der Waals surface area contributed by atoms with Crippen LogP contribution in [0.25, 0.3) is 10.2 Å². The highest BCUT2D eigenvalue weighted by Crippen LogP contribution is 2.32. The fourth-order valence-electron chi connectivity index (χ4n) is 3.01. The summed E-state index contributed by atoms with van der Waals surface area (Å²) in [5.74, 6) is -0.971. The van der Waals surface area contributed by atoms with Crippen molar-refractivity contribution in [3.05, 3.63) is 72.7 Å². The van der Waals surface area contributed by atoms with Crippen LogP contribution in [0.5, 0.6) is 0 Å². The van der Waals surface area contributed by atoms with Gasteiger partial charge in [-0.3, -0.25) is 9.69 Å². The molecule has 0 aliphatic rings. The highest BCUT2D eigenvalue weighted by molar-refractivity contribution is 7.92. The maximum Gasteiger partial charge on any atom is 0.244 e. The van der Waals surface area contributed by atoms with E-state index in [1.165, 1.54) is 35.4 Å². The van der Waals surface area contributed by atoms with Crippen LogP contribution in [0.3, 0.4) is 0 Å². The van der Waals surface area contributed by atoms with E-state index in [2.05, 4.69) is 4.98 Å². The summed E-state index contributed by atoms with van der Waals surface area (Å²) in [7, 11) is -7.29. The summed E-state index contributed by atoms with van der Waals surface area (Å²) >= 11 is 1.10. The molecule has 4 rings (SSSR count). The van der Waals surface area contributed by atoms with Crippen molar-refractivity contribution in [2.45, 2.75) is 16.3 Å². The molecule has 0 N–H and O–H groups in total. The summed E-state index contributed by atoms with van der Waals surface area (Å²) < 4.78 is 55.1. The summed E-state index contributed by atoms with van der Waals surface area (Å²) in [6.45, 7) is -0.0189. The molecule has 166 valence electrons.